The van der Waals surface area contributed by atoms with Crippen LogP contribution < -0.4 is 0 Å². The maximum atomic E-state index is 4.89. The number of benzene rings is 5. The van der Waals surface area contributed by atoms with Crippen LogP contribution >= 0.6 is 0 Å². The third-order valence-electron chi connectivity index (χ3n) is 9.16. The minimum Gasteiger partial charge on any atom is -0.256 e. The largest absolute Gasteiger partial charge is 0.256 e. The molecule has 0 N–H and O–H groups in total. The fraction of sp³-hybridized carbons (Fsp3) is 0.0952. The quantitative estimate of drug-likeness (QED) is 0.200. The van der Waals surface area contributed by atoms with Crippen LogP contribution in [0.2, 0.25) is 0 Å². The van der Waals surface area contributed by atoms with Crippen molar-refractivity contribution in [2.45, 2.75) is 26.2 Å². The van der Waals surface area contributed by atoms with Gasteiger partial charge in [0.2, 0.25) is 0 Å². The van der Waals surface area contributed by atoms with E-state index >= 15 is 0 Å². The lowest BCUT2D eigenvalue weighted by Gasteiger charge is -2.34. The van der Waals surface area contributed by atoms with E-state index < -0.39 is 5.41 Å². The smallest absolute Gasteiger partial charge is 0.163 e. The Bertz CT molecular complexity index is 2170. The second kappa shape index (κ2) is 11.0. The van der Waals surface area contributed by atoms with Crippen LogP contribution in [0.4, 0.5) is 0 Å². The van der Waals surface area contributed by atoms with Crippen LogP contribution in [0.25, 0.3) is 44.9 Å². The van der Waals surface area contributed by atoms with Crippen LogP contribution in [-0.4, -0.2) is 19.9 Å². The Morgan fingerprint density at radius 3 is 1.59 bits per heavy atom. The van der Waals surface area contributed by atoms with Crippen molar-refractivity contribution in [1.82, 2.24) is 19.9 Å². The van der Waals surface area contributed by atoms with Crippen molar-refractivity contribution < 1.29 is 0 Å². The number of hydrogen-bond donors (Lipinski definition) is 0. The molecule has 0 unspecified atom stereocenters. The van der Waals surface area contributed by atoms with E-state index in [1.165, 1.54) is 33.4 Å². The SMILES string of the molecule is Cc1nc(C)nc(-c2cccc3c2-c2c(-c4cc(-c5ccccc5)ncc4C)cccc2C3(c2ccccc2)c2ccccc2)n1. The zero-order valence-electron chi connectivity index (χ0n) is 26.1. The van der Waals surface area contributed by atoms with Crippen LogP contribution in [0.3, 0.4) is 0 Å². The Morgan fingerprint density at radius 2 is 1.00 bits per heavy atom. The fourth-order valence-electron chi connectivity index (χ4n) is 7.31. The lowest BCUT2D eigenvalue weighted by Crippen LogP contribution is -2.28. The van der Waals surface area contributed by atoms with E-state index in [1.54, 1.807) is 0 Å². The molecule has 1 aliphatic carbocycles. The average Bonchev–Trinajstić information content (AvgIpc) is 3.41. The Balaban J connectivity index is 1.53. The number of pyridine rings is 1. The van der Waals surface area contributed by atoms with E-state index in [-0.39, 0.29) is 0 Å². The van der Waals surface area contributed by atoms with Gasteiger partial charge in [-0.25, -0.2) is 15.0 Å². The molecule has 0 bridgehead atoms. The number of fused-ring (bicyclic) bond motifs is 3. The van der Waals surface area contributed by atoms with Crippen LogP contribution in [0.5, 0.6) is 0 Å². The summed E-state index contributed by atoms with van der Waals surface area (Å²) >= 11 is 0. The number of aromatic nitrogens is 4. The molecule has 0 fully saturated rings. The maximum absolute atomic E-state index is 4.89. The summed E-state index contributed by atoms with van der Waals surface area (Å²) in [6, 6.07) is 47.8. The first-order valence-corrected chi connectivity index (χ1v) is 15.7. The highest BCUT2D eigenvalue weighted by Gasteiger charge is 2.48. The monoisotopic (exact) mass is 592 g/mol. The highest BCUT2D eigenvalue weighted by Crippen LogP contribution is 2.60. The van der Waals surface area contributed by atoms with Gasteiger partial charge in [0.1, 0.15) is 11.6 Å². The summed E-state index contributed by atoms with van der Waals surface area (Å²) in [6.45, 7) is 6.02. The molecule has 4 heteroatoms. The zero-order chi connectivity index (χ0) is 31.3. The number of hydrogen-bond acceptors (Lipinski definition) is 4. The van der Waals surface area contributed by atoms with Crippen LogP contribution in [0.15, 0.2) is 140 Å². The zero-order valence-corrected chi connectivity index (χ0v) is 26.1. The van der Waals surface area contributed by atoms with Crippen molar-refractivity contribution >= 4 is 0 Å². The Kier molecular flexibility index (Phi) is 6.65. The van der Waals surface area contributed by atoms with Gasteiger partial charge in [-0.2, -0.15) is 0 Å². The number of aryl methyl sites for hydroxylation is 3. The lowest BCUT2D eigenvalue weighted by atomic mass is 9.67. The Morgan fingerprint density at radius 1 is 0.478 bits per heavy atom. The summed E-state index contributed by atoms with van der Waals surface area (Å²) in [7, 11) is 0. The van der Waals surface area contributed by atoms with Crippen LogP contribution in [0.1, 0.15) is 39.5 Å². The molecule has 4 nitrogen and oxygen atoms in total. The number of nitrogens with zero attached hydrogens (tertiary/aromatic N) is 4. The summed E-state index contributed by atoms with van der Waals surface area (Å²) in [5.41, 5.74) is 13.2. The molecule has 0 spiro atoms. The predicted octanol–water partition coefficient (Wildman–Crippen LogP) is 9.56. The number of rotatable bonds is 5. The van der Waals surface area contributed by atoms with Crippen LogP contribution in [0, 0.1) is 20.8 Å². The van der Waals surface area contributed by atoms with Gasteiger partial charge in [-0.3, -0.25) is 4.98 Å². The molecule has 0 saturated carbocycles. The Labute approximate surface area is 269 Å². The van der Waals surface area contributed by atoms with Gasteiger partial charge in [-0.05, 0) is 76.9 Å². The van der Waals surface area contributed by atoms with Crippen molar-refractivity contribution in [3.05, 3.63) is 179 Å². The van der Waals surface area contributed by atoms with Crippen molar-refractivity contribution in [3.63, 3.8) is 0 Å². The van der Waals surface area contributed by atoms with Gasteiger partial charge in [-0.15, -0.1) is 0 Å². The summed E-state index contributed by atoms with van der Waals surface area (Å²) in [6.07, 6.45) is 2.00. The highest BCUT2D eigenvalue weighted by molar-refractivity contribution is 6.01. The van der Waals surface area contributed by atoms with Crippen molar-refractivity contribution in [2.75, 3.05) is 0 Å². The second-order valence-electron chi connectivity index (χ2n) is 11.9. The molecule has 7 aromatic rings. The van der Waals surface area contributed by atoms with E-state index in [2.05, 4.69) is 139 Å². The van der Waals surface area contributed by atoms with Crippen LogP contribution in [-0.2, 0) is 5.41 Å². The molecule has 0 amide bonds. The van der Waals surface area contributed by atoms with Gasteiger partial charge in [0.15, 0.2) is 5.82 Å². The molecule has 8 rings (SSSR count). The first-order chi connectivity index (χ1) is 22.6. The topological polar surface area (TPSA) is 51.6 Å². The van der Waals surface area contributed by atoms with E-state index in [0.29, 0.717) is 17.5 Å². The van der Waals surface area contributed by atoms with Gasteiger partial charge in [0.25, 0.3) is 0 Å². The molecule has 5 aromatic carbocycles. The lowest BCUT2D eigenvalue weighted by molar-refractivity contribution is 0.768. The normalized spacial score (nSPS) is 12.8. The standard InChI is InChI=1S/C42H32N4/c1-27-26-43-38(30-15-7-4-8-16-30)25-35(27)33-21-13-23-36-39(33)40-34(41-45-28(2)44-29(3)46-41)22-14-24-37(40)42(36,31-17-9-5-10-18-31)32-19-11-6-12-20-32/h4-26H,1-3H3. The van der Waals surface area contributed by atoms with Crippen molar-refractivity contribution in [3.8, 4) is 44.9 Å². The molecule has 2 heterocycles. The molecule has 0 radical (unpaired) electrons. The summed E-state index contributed by atoms with van der Waals surface area (Å²) in [4.78, 5) is 19.1. The first-order valence-electron chi connectivity index (χ1n) is 15.7. The third kappa shape index (κ3) is 4.29. The predicted molar refractivity (Wildman–Crippen MR) is 185 cm³/mol. The molecule has 1 aliphatic rings. The minimum absolute atomic E-state index is 0.556. The summed E-state index contributed by atoms with van der Waals surface area (Å²) in [5, 5.41) is 0. The van der Waals surface area contributed by atoms with Gasteiger partial charge >= 0.3 is 0 Å². The molecule has 0 atom stereocenters. The maximum Gasteiger partial charge on any atom is 0.163 e. The first kappa shape index (κ1) is 27.8. The molecular formula is C42H32N4. The van der Waals surface area contributed by atoms with E-state index in [0.717, 1.165) is 33.5 Å². The molecule has 0 saturated heterocycles. The van der Waals surface area contributed by atoms with E-state index in [1.807, 2.05) is 26.1 Å². The van der Waals surface area contributed by atoms with Gasteiger partial charge in [0.05, 0.1) is 11.1 Å². The summed E-state index contributed by atoms with van der Waals surface area (Å²) < 4.78 is 0. The average molecular weight is 593 g/mol. The second-order valence-corrected chi connectivity index (χ2v) is 11.9. The molecule has 46 heavy (non-hydrogen) atoms. The Hall–Kier alpha value is -5.74. The van der Waals surface area contributed by atoms with Gasteiger partial charge in [0, 0.05) is 17.3 Å². The van der Waals surface area contributed by atoms with Crippen molar-refractivity contribution in [2.24, 2.45) is 0 Å². The molecular weight excluding hydrogens is 560 g/mol. The molecule has 220 valence electrons. The third-order valence-corrected chi connectivity index (χ3v) is 9.16. The minimum atomic E-state index is -0.556. The molecule has 2 aromatic heterocycles. The van der Waals surface area contributed by atoms with Gasteiger partial charge < -0.3 is 0 Å². The fourth-order valence-corrected chi connectivity index (χ4v) is 7.31. The van der Waals surface area contributed by atoms with Gasteiger partial charge in [-0.1, -0.05) is 127 Å². The highest BCUT2D eigenvalue weighted by atomic mass is 15.0. The summed E-state index contributed by atoms with van der Waals surface area (Å²) in [5.74, 6) is 2.11. The molecule has 0 aliphatic heterocycles. The van der Waals surface area contributed by atoms with Crippen molar-refractivity contribution in [1.29, 1.82) is 0 Å². The van der Waals surface area contributed by atoms with E-state index in [4.69, 9.17) is 15.0 Å². The van der Waals surface area contributed by atoms with E-state index in [9.17, 15) is 0 Å².